The Labute approximate surface area is 224 Å². The van der Waals surface area contributed by atoms with Gasteiger partial charge in [0.15, 0.2) is 17.7 Å². The van der Waals surface area contributed by atoms with Gasteiger partial charge in [-0.05, 0) is 0 Å². The molecule has 2 fully saturated rings. The molecular formula is C20H26N7O10PS. The minimum absolute atomic E-state index is 0.158. The summed E-state index contributed by atoms with van der Waals surface area (Å²) in [5.41, 5.74) is 5.24. The van der Waals surface area contributed by atoms with Gasteiger partial charge in [-0.15, -0.1) is 0 Å². The van der Waals surface area contributed by atoms with Crippen LogP contribution in [0.5, 0.6) is 0 Å². The maximum absolute atomic E-state index is 13.2. The van der Waals surface area contributed by atoms with Crippen molar-refractivity contribution in [3.8, 4) is 0 Å². The molecule has 2 aliphatic rings. The van der Waals surface area contributed by atoms with Crippen LogP contribution >= 0.6 is 19.0 Å². The van der Waals surface area contributed by atoms with Crippen molar-refractivity contribution in [3.05, 3.63) is 45.8 Å². The Kier molecular flexibility index (Phi) is 7.91. The van der Waals surface area contributed by atoms with Crippen LogP contribution in [0.3, 0.4) is 0 Å². The van der Waals surface area contributed by atoms with Crippen molar-refractivity contribution in [3.63, 3.8) is 0 Å². The number of nitrogens with one attached hydrogen (secondary N) is 1. The third-order valence-corrected chi connectivity index (χ3v) is 8.04. The number of ether oxygens (including phenoxy) is 3. The van der Waals surface area contributed by atoms with Crippen molar-refractivity contribution in [1.29, 1.82) is 0 Å². The van der Waals surface area contributed by atoms with Gasteiger partial charge in [0.05, 0.1) is 25.6 Å². The Morgan fingerprint density at radius 3 is 2.74 bits per heavy atom. The highest BCUT2D eigenvalue weighted by Gasteiger charge is 2.50. The van der Waals surface area contributed by atoms with Gasteiger partial charge in [0, 0.05) is 25.8 Å². The van der Waals surface area contributed by atoms with E-state index in [0.29, 0.717) is 11.2 Å². The molecule has 212 valence electrons. The lowest BCUT2D eigenvalue weighted by molar-refractivity contribution is -0.0625. The minimum atomic E-state index is -4.15. The van der Waals surface area contributed by atoms with E-state index < -0.39 is 67.6 Å². The van der Waals surface area contributed by atoms with Gasteiger partial charge in [-0.25, -0.2) is 24.3 Å². The van der Waals surface area contributed by atoms with E-state index in [1.54, 1.807) is 4.57 Å². The number of aromatic nitrogens is 6. The molecule has 2 saturated heterocycles. The van der Waals surface area contributed by atoms with Gasteiger partial charge in [-0.1, -0.05) is 12.2 Å². The first-order valence-electron chi connectivity index (χ1n) is 11.6. The summed E-state index contributed by atoms with van der Waals surface area (Å²) in [6.45, 7) is -5.09. The highest BCUT2D eigenvalue weighted by molar-refractivity contribution is 8.44. The number of thiol groups is 1. The average Bonchev–Trinajstić information content (AvgIpc) is 3.58. The number of aliphatic hydroxyl groups excluding tert-OH is 2. The number of aliphatic hydroxyl groups is 2. The highest BCUT2D eigenvalue weighted by atomic mass is 32.7. The Morgan fingerprint density at radius 2 is 2.03 bits per heavy atom. The molecule has 2 unspecified atom stereocenters. The zero-order valence-electron chi connectivity index (χ0n) is 20.3. The first-order valence-corrected chi connectivity index (χ1v) is 14.3. The molecule has 5 heterocycles. The summed E-state index contributed by atoms with van der Waals surface area (Å²) < 4.78 is 43.9. The zero-order chi connectivity index (χ0) is 27.9. The summed E-state index contributed by atoms with van der Waals surface area (Å²) >= 11 is 4.03. The topological polar surface area (TPSA) is 228 Å². The van der Waals surface area contributed by atoms with E-state index in [1.807, 2.05) is 0 Å². The predicted octanol–water partition coefficient (Wildman–Crippen LogP) is -1.05. The Morgan fingerprint density at radius 1 is 1.23 bits per heavy atom. The number of H-pyrrole nitrogens is 1. The quantitative estimate of drug-likeness (QED) is 0.149. The second kappa shape index (κ2) is 11.1. The van der Waals surface area contributed by atoms with Crippen LogP contribution in [0.1, 0.15) is 18.9 Å². The molecule has 0 spiro atoms. The summed E-state index contributed by atoms with van der Waals surface area (Å²) in [5, 5.41) is 20.4. The lowest BCUT2D eigenvalue weighted by Crippen LogP contribution is -2.39. The molecule has 0 radical (unpaired) electrons. The molecule has 19 heteroatoms. The fraction of sp³-hybridized carbons (Fsp3) is 0.550. The van der Waals surface area contributed by atoms with E-state index in [4.69, 9.17) is 29.0 Å². The fourth-order valence-electron chi connectivity index (χ4n) is 4.55. The summed E-state index contributed by atoms with van der Waals surface area (Å²) in [6, 6.07) is 1.11. The van der Waals surface area contributed by atoms with Crippen LogP contribution in [-0.4, -0.2) is 90.1 Å². The van der Waals surface area contributed by atoms with Gasteiger partial charge in [0.1, 0.15) is 42.5 Å². The van der Waals surface area contributed by atoms with Crippen molar-refractivity contribution in [2.45, 2.75) is 49.4 Å². The maximum atomic E-state index is 13.2. The maximum Gasteiger partial charge on any atom is 0.386 e. The third-order valence-electron chi connectivity index (χ3n) is 6.42. The molecule has 0 aromatic carbocycles. The van der Waals surface area contributed by atoms with Crippen LogP contribution < -0.4 is 17.0 Å². The first kappa shape index (κ1) is 27.9. The summed E-state index contributed by atoms with van der Waals surface area (Å²) in [5.74, 6) is 0.199. The molecule has 5 N–H and O–H groups in total. The lowest BCUT2D eigenvalue weighted by atomic mass is 10.1. The van der Waals surface area contributed by atoms with Gasteiger partial charge in [-0.3, -0.25) is 28.0 Å². The predicted molar refractivity (Wildman–Crippen MR) is 135 cm³/mol. The number of fused-ring (bicyclic) bond motifs is 1. The van der Waals surface area contributed by atoms with Gasteiger partial charge in [0.25, 0.3) is 5.56 Å². The monoisotopic (exact) mass is 587 g/mol. The largest absolute Gasteiger partial charge is 0.394 e. The standard InChI is InChI=1S/C20H26N7O10PS/c1-33-16-15(10(5-28)36-19(16)26-3-2-12(30)25-20(26)31)37-38(32,39)34-6-11-9(29)4-13(35-11)27-8-24-14-17(21)22-7-23-18(14)27/h2-3,7-11,13,15-16,19,28-29H,4-6H2,1H3,(H,32,39)(H2,21,22,23)(H,25,30,31)/t9-,10-,11-,13-,15?,16+,19-,38?/m1/s1. The van der Waals surface area contributed by atoms with Crippen molar-refractivity contribution < 1.29 is 38.0 Å². The minimum Gasteiger partial charge on any atom is -0.394 e. The Bertz CT molecular complexity index is 1500. The molecule has 0 bridgehead atoms. The molecule has 17 nitrogen and oxygen atoms in total. The molecule has 5 rings (SSSR count). The second-order valence-corrected chi connectivity index (χ2v) is 11.7. The van der Waals surface area contributed by atoms with E-state index in [2.05, 4.69) is 32.2 Å². The number of nitrogens with zero attached hydrogens (tertiary/aromatic N) is 5. The molecule has 8 atom stereocenters. The molecule has 3 aromatic heterocycles. The number of aromatic amines is 1. The van der Waals surface area contributed by atoms with Crippen LogP contribution in [0, 0.1) is 0 Å². The fourth-order valence-corrected chi connectivity index (χ4v) is 6.04. The zero-order valence-corrected chi connectivity index (χ0v) is 22.1. The van der Waals surface area contributed by atoms with Crippen LogP contribution in [-0.2, 0) is 27.8 Å². The molecular weight excluding hydrogens is 561 g/mol. The Balaban J connectivity index is 1.26. The SMILES string of the molecule is CO[C@H]1C(OP(=O)(S)OC[C@H]2O[C@@H](n3cnc4c(N)ncnc43)C[C@H]2O)[C@@H](CO)O[C@H]1n1ccc(=O)[nH]c1=O. The number of hydrogen-bond donors (Lipinski definition) is 5. The van der Waals surface area contributed by atoms with E-state index >= 15 is 0 Å². The average molecular weight is 588 g/mol. The second-order valence-electron chi connectivity index (χ2n) is 8.81. The Hall–Kier alpha value is -2.67. The van der Waals surface area contributed by atoms with Crippen LogP contribution in [0.15, 0.2) is 34.5 Å². The van der Waals surface area contributed by atoms with E-state index in [-0.39, 0.29) is 18.8 Å². The van der Waals surface area contributed by atoms with Crippen LogP contribution in [0.4, 0.5) is 5.82 Å². The summed E-state index contributed by atoms with van der Waals surface area (Å²) in [6.07, 6.45) is -2.89. The highest BCUT2D eigenvalue weighted by Crippen LogP contribution is 2.56. The number of nitrogens with two attached hydrogens (primary N) is 1. The number of hydrogen-bond acceptors (Lipinski definition) is 14. The molecule has 3 aromatic rings. The normalized spacial score (nSPS) is 30.6. The van der Waals surface area contributed by atoms with E-state index in [9.17, 15) is 24.4 Å². The number of imidazole rings is 1. The van der Waals surface area contributed by atoms with Gasteiger partial charge >= 0.3 is 12.5 Å². The molecule has 0 aliphatic carbocycles. The van der Waals surface area contributed by atoms with Crippen molar-refractivity contribution in [2.24, 2.45) is 0 Å². The molecule has 0 amide bonds. The van der Waals surface area contributed by atoms with Gasteiger partial charge in [-0.2, -0.15) is 0 Å². The van der Waals surface area contributed by atoms with Gasteiger partial charge < -0.3 is 30.2 Å². The summed E-state index contributed by atoms with van der Waals surface area (Å²) in [4.78, 5) is 38.0. The van der Waals surface area contributed by atoms with Crippen molar-refractivity contribution >= 4 is 36.0 Å². The molecule has 0 saturated carbocycles. The van der Waals surface area contributed by atoms with Crippen LogP contribution in [0.2, 0.25) is 0 Å². The van der Waals surface area contributed by atoms with Crippen molar-refractivity contribution in [2.75, 3.05) is 26.1 Å². The first-order chi connectivity index (χ1) is 18.6. The molecule has 39 heavy (non-hydrogen) atoms. The molecule has 2 aliphatic heterocycles. The van der Waals surface area contributed by atoms with Gasteiger partial charge in [0.2, 0.25) is 0 Å². The van der Waals surface area contributed by atoms with Crippen LogP contribution in [0.25, 0.3) is 11.2 Å². The number of nitrogen functional groups attached to an aromatic ring is 1. The lowest BCUT2D eigenvalue weighted by Gasteiger charge is -2.26. The van der Waals surface area contributed by atoms with Crippen molar-refractivity contribution in [1.82, 2.24) is 29.1 Å². The smallest absolute Gasteiger partial charge is 0.386 e. The number of anilines is 1. The number of methoxy groups -OCH3 is 1. The third kappa shape index (κ3) is 5.52. The number of rotatable bonds is 9. The van der Waals surface area contributed by atoms with E-state index in [0.717, 1.165) is 10.6 Å². The summed E-state index contributed by atoms with van der Waals surface area (Å²) in [7, 11) is 1.30. The van der Waals surface area contributed by atoms with E-state index in [1.165, 1.54) is 26.0 Å².